The van der Waals surface area contributed by atoms with Gasteiger partial charge in [0.2, 0.25) is 11.8 Å². The number of amides is 5. The number of anilines is 1. The van der Waals surface area contributed by atoms with Crippen LogP contribution < -0.4 is 16.0 Å². The van der Waals surface area contributed by atoms with Crippen molar-refractivity contribution in [3.05, 3.63) is 64.7 Å². The van der Waals surface area contributed by atoms with E-state index < -0.39 is 24.4 Å². The third-order valence-electron chi connectivity index (χ3n) is 5.44. The second-order valence-corrected chi connectivity index (χ2v) is 7.63. The molecule has 2 aromatic rings. The summed E-state index contributed by atoms with van der Waals surface area (Å²) in [4.78, 5) is 49.9. The van der Waals surface area contributed by atoms with Crippen LogP contribution >= 0.6 is 0 Å². The number of fused-ring (bicyclic) bond motifs is 1. The van der Waals surface area contributed by atoms with E-state index in [1.165, 1.54) is 29.2 Å². The first-order chi connectivity index (χ1) is 15.3. The van der Waals surface area contributed by atoms with E-state index in [-0.39, 0.29) is 53.3 Å². The number of rotatable bonds is 5. The number of imide groups is 1. The molecule has 0 saturated carbocycles. The summed E-state index contributed by atoms with van der Waals surface area (Å²) in [5.74, 6) is -1.12. The molecule has 5 amide bonds. The number of hydrogen-bond donors (Lipinski definition) is 3. The van der Waals surface area contributed by atoms with Crippen LogP contribution in [-0.2, 0) is 22.7 Å². The summed E-state index contributed by atoms with van der Waals surface area (Å²) in [7, 11) is 0. The highest BCUT2D eigenvalue weighted by atomic mass is 19.3. The molecule has 2 aliphatic heterocycles. The van der Waals surface area contributed by atoms with Gasteiger partial charge in [-0.05, 0) is 35.7 Å². The Balaban J connectivity index is 0.00000204. The maximum atomic E-state index is 12.8. The van der Waals surface area contributed by atoms with Gasteiger partial charge in [0, 0.05) is 40.6 Å². The van der Waals surface area contributed by atoms with E-state index in [0.717, 1.165) is 5.56 Å². The smallest absolute Gasteiger partial charge is 0.319 e. The zero-order chi connectivity index (χ0) is 22.8. The summed E-state index contributed by atoms with van der Waals surface area (Å²) in [5, 5.41) is 7.38. The van der Waals surface area contributed by atoms with Gasteiger partial charge < -0.3 is 15.5 Å². The van der Waals surface area contributed by atoms with Crippen LogP contribution in [-0.4, -0.2) is 34.7 Å². The summed E-state index contributed by atoms with van der Waals surface area (Å²) in [5.41, 5.74) is 1.92. The van der Waals surface area contributed by atoms with Gasteiger partial charge in [-0.1, -0.05) is 24.3 Å². The Morgan fingerprint density at radius 1 is 1.19 bits per heavy atom. The molecule has 0 aromatic heterocycles. The topological polar surface area (TPSA) is 108 Å². The lowest BCUT2D eigenvalue weighted by atomic mass is 10.0. The molecule has 172 valence electrons. The Morgan fingerprint density at radius 2 is 2.00 bits per heavy atom. The fourth-order valence-electron chi connectivity index (χ4n) is 3.82. The van der Waals surface area contributed by atoms with Crippen LogP contribution in [0.15, 0.2) is 42.5 Å². The van der Waals surface area contributed by atoms with Gasteiger partial charge in [0.1, 0.15) is 6.04 Å². The van der Waals surface area contributed by atoms with Crippen molar-refractivity contribution in [1.82, 2.24) is 15.5 Å². The fraction of sp³-hybridized carbons (Fsp3) is 0.273. The predicted molar refractivity (Wildman–Crippen MR) is 116 cm³/mol. The summed E-state index contributed by atoms with van der Waals surface area (Å²) in [6, 6.07) is 9.31. The molecule has 8 nitrogen and oxygen atoms in total. The van der Waals surface area contributed by atoms with Crippen LogP contribution in [0.5, 0.6) is 0 Å². The second-order valence-electron chi connectivity index (χ2n) is 7.63. The Morgan fingerprint density at radius 3 is 2.75 bits per heavy atom. The van der Waals surface area contributed by atoms with Crippen LogP contribution in [0.3, 0.4) is 0 Å². The van der Waals surface area contributed by atoms with Crippen molar-refractivity contribution in [3.8, 4) is 0 Å². The average Bonchev–Trinajstić information content (AvgIpc) is 3.08. The standard InChI is InChI=1S/C22H20F2N4O4.3H2/c23-19(24)13-2-1-3-15(9-13)26-22(32)25-10-12-4-5-14-11-28(21(31)16(14)8-12)17-6-7-18(29)27-20(17)30;;;/h1-5,8-9,17,19H,6-7,10-11H2,(H2,25,26,32)(H,27,29,30);3*1H. The van der Waals surface area contributed by atoms with E-state index in [2.05, 4.69) is 16.0 Å². The molecule has 1 unspecified atom stereocenters. The summed E-state index contributed by atoms with van der Waals surface area (Å²) < 4.78 is 25.6. The lowest BCUT2D eigenvalue weighted by molar-refractivity contribution is -0.136. The maximum absolute atomic E-state index is 12.8. The van der Waals surface area contributed by atoms with Crippen LogP contribution in [0.2, 0.25) is 0 Å². The molecule has 2 aliphatic rings. The molecular weight excluding hydrogens is 422 g/mol. The fourth-order valence-corrected chi connectivity index (χ4v) is 3.82. The Labute approximate surface area is 186 Å². The van der Waals surface area contributed by atoms with Crippen molar-refractivity contribution in [1.29, 1.82) is 0 Å². The minimum absolute atomic E-state index is 0. The number of alkyl halides is 2. The van der Waals surface area contributed by atoms with E-state index in [9.17, 15) is 28.0 Å². The van der Waals surface area contributed by atoms with Crippen molar-refractivity contribution < 1.29 is 32.2 Å². The highest BCUT2D eigenvalue weighted by molar-refractivity contribution is 6.05. The Bertz CT molecular complexity index is 1120. The first kappa shape index (κ1) is 21.4. The minimum atomic E-state index is -2.64. The molecule has 0 aliphatic carbocycles. The molecular formula is C22H26F2N4O4. The Kier molecular flexibility index (Phi) is 5.85. The zero-order valence-electron chi connectivity index (χ0n) is 16.9. The number of piperidine rings is 1. The predicted octanol–water partition coefficient (Wildman–Crippen LogP) is 3.44. The van der Waals surface area contributed by atoms with E-state index in [1.807, 2.05) is 0 Å². The van der Waals surface area contributed by atoms with Gasteiger partial charge in [-0.15, -0.1) is 0 Å². The largest absolute Gasteiger partial charge is 0.334 e. The van der Waals surface area contributed by atoms with E-state index >= 15 is 0 Å². The first-order valence-electron chi connectivity index (χ1n) is 10.0. The number of carbonyl (C=O) groups excluding carboxylic acids is 4. The van der Waals surface area contributed by atoms with Crippen LogP contribution in [0.4, 0.5) is 19.3 Å². The highest BCUT2D eigenvalue weighted by Gasteiger charge is 2.39. The third kappa shape index (κ3) is 4.43. The lowest BCUT2D eigenvalue weighted by Crippen LogP contribution is -2.52. The molecule has 0 radical (unpaired) electrons. The molecule has 1 atom stereocenters. The van der Waals surface area contributed by atoms with Gasteiger partial charge >= 0.3 is 6.03 Å². The molecule has 0 bridgehead atoms. The monoisotopic (exact) mass is 448 g/mol. The highest BCUT2D eigenvalue weighted by Crippen LogP contribution is 2.28. The Hall–Kier alpha value is -3.82. The van der Waals surface area contributed by atoms with Crippen LogP contribution in [0.1, 0.15) is 50.6 Å². The van der Waals surface area contributed by atoms with E-state index in [4.69, 9.17) is 0 Å². The molecule has 0 spiro atoms. The van der Waals surface area contributed by atoms with Gasteiger partial charge in [0.05, 0.1) is 0 Å². The number of halogens is 2. The zero-order valence-corrected chi connectivity index (χ0v) is 16.9. The number of carbonyl (C=O) groups is 4. The quantitative estimate of drug-likeness (QED) is 0.609. The lowest BCUT2D eigenvalue weighted by Gasteiger charge is -2.29. The van der Waals surface area contributed by atoms with Crippen molar-refractivity contribution in [2.24, 2.45) is 0 Å². The van der Waals surface area contributed by atoms with Gasteiger partial charge in [-0.3, -0.25) is 19.7 Å². The number of nitrogens with one attached hydrogen (secondary N) is 3. The molecule has 2 aromatic carbocycles. The summed E-state index contributed by atoms with van der Waals surface area (Å²) >= 11 is 0. The van der Waals surface area contributed by atoms with Crippen molar-refractivity contribution >= 4 is 29.4 Å². The molecule has 10 heteroatoms. The molecule has 1 fully saturated rings. The molecule has 2 heterocycles. The molecule has 4 rings (SSSR count). The normalized spacial score (nSPS) is 17.9. The number of urea groups is 1. The second kappa shape index (κ2) is 8.74. The van der Waals surface area contributed by atoms with Crippen molar-refractivity contribution in [2.45, 2.75) is 38.4 Å². The molecule has 1 saturated heterocycles. The van der Waals surface area contributed by atoms with Crippen LogP contribution in [0.25, 0.3) is 0 Å². The van der Waals surface area contributed by atoms with Gasteiger partial charge in [0.15, 0.2) is 0 Å². The average molecular weight is 448 g/mol. The summed E-state index contributed by atoms with van der Waals surface area (Å²) in [6.07, 6.45) is -2.17. The SMILES string of the molecule is O=C1CCC(N2Cc3ccc(CNC(=O)Nc4cccc(C(F)F)c4)cc3C2=O)C(=O)N1.[HH].[HH].[HH]. The van der Waals surface area contributed by atoms with E-state index in [1.54, 1.807) is 18.2 Å². The van der Waals surface area contributed by atoms with Gasteiger partial charge in [-0.2, -0.15) is 0 Å². The summed E-state index contributed by atoms with van der Waals surface area (Å²) in [6.45, 7) is 0.383. The van der Waals surface area contributed by atoms with Gasteiger partial charge in [0.25, 0.3) is 12.3 Å². The third-order valence-corrected chi connectivity index (χ3v) is 5.44. The van der Waals surface area contributed by atoms with Gasteiger partial charge in [-0.25, -0.2) is 13.6 Å². The molecule has 32 heavy (non-hydrogen) atoms. The van der Waals surface area contributed by atoms with Crippen LogP contribution in [0, 0.1) is 0 Å². The number of hydrogen-bond acceptors (Lipinski definition) is 4. The number of benzene rings is 2. The molecule has 3 N–H and O–H groups in total. The minimum Gasteiger partial charge on any atom is -0.334 e. The first-order valence-corrected chi connectivity index (χ1v) is 10.0. The maximum Gasteiger partial charge on any atom is 0.319 e. The van der Waals surface area contributed by atoms with E-state index in [0.29, 0.717) is 11.1 Å². The number of nitrogens with zero attached hydrogens (tertiary/aromatic N) is 1. The van der Waals surface area contributed by atoms with Crippen molar-refractivity contribution in [3.63, 3.8) is 0 Å². The van der Waals surface area contributed by atoms with Crippen molar-refractivity contribution in [2.75, 3.05) is 5.32 Å².